The van der Waals surface area contributed by atoms with E-state index < -0.39 is 14.9 Å². The maximum absolute atomic E-state index is 12.6. The van der Waals surface area contributed by atoms with Crippen LogP contribution in [0, 0.1) is 10.1 Å². The number of ether oxygens (including phenoxy) is 1. The van der Waals surface area contributed by atoms with E-state index in [0.29, 0.717) is 42.0 Å². The number of nitrogens with one attached hydrogen (secondary N) is 1. The van der Waals surface area contributed by atoms with Gasteiger partial charge in [-0.2, -0.15) is 0 Å². The van der Waals surface area contributed by atoms with Gasteiger partial charge in [0.2, 0.25) is 0 Å². The molecule has 0 aliphatic carbocycles. The Labute approximate surface area is 153 Å². The fourth-order valence-corrected chi connectivity index (χ4v) is 4.98. The summed E-state index contributed by atoms with van der Waals surface area (Å²) in [6, 6.07) is 7.23. The molecule has 1 aliphatic rings. The fourth-order valence-electron chi connectivity index (χ4n) is 2.33. The average molecular weight is 404 g/mol. The lowest BCUT2D eigenvalue weighted by molar-refractivity contribution is -0.383. The SMILES string of the molecule is O=[N+]([O-])c1cc(S(=O)(=O)Nc2ccc(Cl)cc2)sc1N1CCOCC1. The summed E-state index contributed by atoms with van der Waals surface area (Å²) in [5.74, 6) is 0. The third-order valence-corrected chi connectivity index (χ3v) is 6.82. The molecule has 0 radical (unpaired) electrons. The van der Waals surface area contributed by atoms with Crippen LogP contribution in [-0.4, -0.2) is 39.6 Å². The number of hydrogen-bond donors (Lipinski definition) is 1. The molecule has 1 saturated heterocycles. The van der Waals surface area contributed by atoms with E-state index in [9.17, 15) is 18.5 Å². The van der Waals surface area contributed by atoms with Crippen LogP contribution in [0.5, 0.6) is 0 Å². The zero-order valence-electron chi connectivity index (χ0n) is 12.8. The number of benzene rings is 1. The van der Waals surface area contributed by atoms with Gasteiger partial charge in [-0.05, 0) is 24.3 Å². The highest BCUT2D eigenvalue weighted by Gasteiger charge is 2.30. The van der Waals surface area contributed by atoms with Crippen molar-refractivity contribution in [3.63, 3.8) is 0 Å². The van der Waals surface area contributed by atoms with Gasteiger partial charge < -0.3 is 9.64 Å². The summed E-state index contributed by atoms with van der Waals surface area (Å²) in [6.45, 7) is 1.84. The maximum Gasteiger partial charge on any atom is 0.305 e. The van der Waals surface area contributed by atoms with Crippen LogP contribution in [0.25, 0.3) is 0 Å². The zero-order valence-corrected chi connectivity index (χ0v) is 15.2. The summed E-state index contributed by atoms with van der Waals surface area (Å²) >= 11 is 6.65. The smallest absolute Gasteiger partial charge is 0.305 e. The largest absolute Gasteiger partial charge is 0.378 e. The molecule has 1 aromatic heterocycles. The van der Waals surface area contributed by atoms with Gasteiger partial charge in [-0.1, -0.05) is 22.9 Å². The Morgan fingerprint density at radius 2 is 1.88 bits per heavy atom. The Morgan fingerprint density at radius 3 is 2.48 bits per heavy atom. The van der Waals surface area contributed by atoms with Crippen LogP contribution in [0.3, 0.4) is 0 Å². The summed E-state index contributed by atoms with van der Waals surface area (Å²) in [7, 11) is -3.94. The molecule has 2 aromatic rings. The maximum atomic E-state index is 12.6. The molecule has 0 unspecified atom stereocenters. The minimum Gasteiger partial charge on any atom is -0.378 e. The van der Waals surface area contributed by atoms with Crippen molar-refractivity contribution < 1.29 is 18.1 Å². The van der Waals surface area contributed by atoms with Gasteiger partial charge in [0.15, 0.2) is 5.00 Å². The van der Waals surface area contributed by atoms with Crippen molar-refractivity contribution in [2.45, 2.75) is 4.21 Å². The Hall–Kier alpha value is -1.88. The van der Waals surface area contributed by atoms with E-state index in [2.05, 4.69) is 4.72 Å². The Kier molecular flexibility index (Phi) is 5.13. The Bertz CT molecular complexity index is 876. The molecular formula is C14H14ClN3O5S2. The van der Waals surface area contributed by atoms with E-state index in [1.807, 2.05) is 0 Å². The molecule has 1 aliphatic heterocycles. The number of halogens is 1. The number of nitrogens with zero attached hydrogens (tertiary/aromatic N) is 2. The van der Waals surface area contributed by atoms with Gasteiger partial charge in [0.25, 0.3) is 10.0 Å². The minimum atomic E-state index is -3.94. The lowest BCUT2D eigenvalue weighted by atomic mass is 10.3. The molecule has 0 bridgehead atoms. The third-order valence-electron chi connectivity index (χ3n) is 3.53. The summed E-state index contributed by atoms with van der Waals surface area (Å²) in [4.78, 5) is 12.5. The Morgan fingerprint density at radius 1 is 1.24 bits per heavy atom. The predicted octanol–water partition coefficient (Wildman–Crippen LogP) is 2.95. The summed E-state index contributed by atoms with van der Waals surface area (Å²) in [5, 5.41) is 12.1. The van der Waals surface area contributed by atoms with Crippen LogP contribution >= 0.6 is 22.9 Å². The second kappa shape index (κ2) is 7.16. The number of anilines is 2. The van der Waals surface area contributed by atoms with Crippen LogP contribution in [0.2, 0.25) is 5.02 Å². The van der Waals surface area contributed by atoms with Crippen molar-refractivity contribution in [3.8, 4) is 0 Å². The van der Waals surface area contributed by atoms with Crippen LogP contribution < -0.4 is 9.62 Å². The predicted molar refractivity (Wildman–Crippen MR) is 96.3 cm³/mol. The third kappa shape index (κ3) is 4.03. The molecule has 0 saturated carbocycles. The van der Waals surface area contributed by atoms with Gasteiger partial charge in [-0.3, -0.25) is 14.8 Å². The molecule has 25 heavy (non-hydrogen) atoms. The second-order valence-electron chi connectivity index (χ2n) is 5.22. The number of sulfonamides is 1. The van der Waals surface area contributed by atoms with Crippen LogP contribution in [0.15, 0.2) is 34.5 Å². The number of thiophene rings is 1. The standard InChI is InChI=1S/C14H14ClN3O5S2/c15-10-1-3-11(4-2-10)16-25(21,22)13-9-12(18(19)20)14(24-13)17-5-7-23-8-6-17/h1-4,9,16H,5-8H2. The highest BCUT2D eigenvalue weighted by Crippen LogP contribution is 2.40. The zero-order chi connectivity index (χ0) is 18.0. The molecule has 1 N–H and O–H groups in total. The van der Waals surface area contributed by atoms with Crippen molar-refractivity contribution in [2.75, 3.05) is 35.9 Å². The molecule has 0 spiro atoms. The minimum absolute atomic E-state index is 0.115. The van der Waals surface area contributed by atoms with Crippen molar-refractivity contribution in [1.82, 2.24) is 0 Å². The number of nitro groups is 1. The van der Waals surface area contributed by atoms with Gasteiger partial charge in [0.1, 0.15) is 4.21 Å². The molecular weight excluding hydrogens is 390 g/mol. The highest BCUT2D eigenvalue weighted by atomic mass is 35.5. The first-order valence-electron chi connectivity index (χ1n) is 7.26. The topological polar surface area (TPSA) is 102 Å². The normalized spacial score (nSPS) is 15.2. The first-order valence-corrected chi connectivity index (χ1v) is 9.94. The molecule has 11 heteroatoms. The fraction of sp³-hybridized carbons (Fsp3) is 0.286. The van der Waals surface area contributed by atoms with E-state index in [-0.39, 0.29) is 9.90 Å². The van der Waals surface area contributed by atoms with Crippen LogP contribution in [0.1, 0.15) is 0 Å². The van der Waals surface area contributed by atoms with Crippen molar-refractivity contribution >= 4 is 49.3 Å². The van der Waals surface area contributed by atoms with Crippen molar-refractivity contribution in [2.24, 2.45) is 0 Å². The van der Waals surface area contributed by atoms with Gasteiger partial charge >= 0.3 is 5.69 Å². The number of hydrogen-bond acceptors (Lipinski definition) is 7. The van der Waals surface area contributed by atoms with Crippen molar-refractivity contribution in [3.05, 3.63) is 45.5 Å². The molecule has 134 valence electrons. The van der Waals surface area contributed by atoms with E-state index >= 15 is 0 Å². The number of morpholine rings is 1. The van der Waals surface area contributed by atoms with Crippen molar-refractivity contribution in [1.29, 1.82) is 0 Å². The number of rotatable bonds is 5. The van der Waals surface area contributed by atoms with E-state index in [1.165, 1.54) is 12.1 Å². The van der Waals surface area contributed by atoms with E-state index in [1.54, 1.807) is 17.0 Å². The first-order chi connectivity index (χ1) is 11.9. The average Bonchev–Trinajstić information content (AvgIpc) is 3.04. The van der Waals surface area contributed by atoms with Gasteiger partial charge in [0, 0.05) is 29.9 Å². The highest BCUT2D eigenvalue weighted by molar-refractivity contribution is 7.94. The van der Waals surface area contributed by atoms with Gasteiger partial charge in [0.05, 0.1) is 18.1 Å². The van der Waals surface area contributed by atoms with E-state index in [4.69, 9.17) is 16.3 Å². The van der Waals surface area contributed by atoms with Gasteiger partial charge in [-0.25, -0.2) is 8.42 Å². The summed E-state index contributed by atoms with van der Waals surface area (Å²) in [5.41, 5.74) is 0.108. The molecule has 1 fully saturated rings. The monoisotopic (exact) mass is 403 g/mol. The molecule has 0 atom stereocenters. The van der Waals surface area contributed by atoms with Crippen LogP contribution in [0.4, 0.5) is 16.4 Å². The molecule has 1 aromatic carbocycles. The lowest BCUT2D eigenvalue weighted by Gasteiger charge is -2.26. The first kappa shape index (κ1) is 17.9. The Balaban J connectivity index is 1.92. The second-order valence-corrected chi connectivity index (χ2v) is 8.60. The summed E-state index contributed by atoms with van der Waals surface area (Å²) in [6.07, 6.45) is 0. The summed E-state index contributed by atoms with van der Waals surface area (Å²) < 4.78 is 32.6. The van der Waals surface area contributed by atoms with E-state index in [0.717, 1.165) is 17.4 Å². The lowest BCUT2D eigenvalue weighted by Crippen LogP contribution is -2.35. The van der Waals surface area contributed by atoms with Crippen LogP contribution in [-0.2, 0) is 14.8 Å². The quantitative estimate of drug-likeness (QED) is 0.608. The molecule has 8 nitrogen and oxygen atoms in total. The molecule has 0 amide bonds. The molecule has 2 heterocycles. The van der Waals surface area contributed by atoms with Gasteiger partial charge in [-0.15, -0.1) is 0 Å². The molecule has 3 rings (SSSR count).